The monoisotopic (exact) mass is 549 g/mol. The van der Waals surface area contributed by atoms with Gasteiger partial charge in [-0.15, -0.1) is 0 Å². The first-order valence-electron chi connectivity index (χ1n) is 11.8. The van der Waals surface area contributed by atoms with E-state index in [0.717, 1.165) is 0 Å². The highest BCUT2D eigenvalue weighted by Gasteiger charge is 2.49. The van der Waals surface area contributed by atoms with Crippen LogP contribution in [0.3, 0.4) is 0 Å². The molecule has 0 saturated carbocycles. The molecule has 2 aliphatic rings. The zero-order valence-corrected chi connectivity index (χ0v) is 20.7. The van der Waals surface area contributed by atoms with Crippen molar-refractivity contribution < 1.29 is 49.7 Å². The van der Waals surface area contributed by atoms with Crippen molar-refractivity contribution in [3.05, 3.63) is 70.0 Å². The third-order valence-electron chi connectivity index (χ3n) is 7.16. The smallest absolute Gasteiger partial charge is 0.416 e. The van der Waals surface area contributed by atoms with Crippen molar-refractivity contribution in [3.63, 3.8) is 0 Å². The standard InChI is InChI=1S/C26H26F7NO4/c1-13-6-19(27)4-5-20(13)22-21-11-34(24(35)36-3)10-16(21)12-37-23(22)38-14(2)15-7-17(25(28,29)30)9-18(8-15)26(31,32)33/h4-9,14,16,21-23H,10-12H2,1-3H3/t14-,16+,21-,22+,23-/m1/s1. The summed E-state index contributed by atoms with van der Waals surface area (Å²) in [5, 5.41) is 0. The van der Waals surface area contributed by atoms with Crippen LogP contribution in [0.15, 0.2) is 36.4 Å². The van der Waals surface area contributed by atoms with E-state index in [2.05, 4.69) is 0 Å². The molecule has 208 valence electrons. The molecule has 38 heavy (non-hydrogen) atoms. The Kier molecular flexibility index (Phi) is 7.68. The van der Waals surface area contributed by atoms with Crippen LogP contribution in [0.2, 0.25) is 0 Å². The Morgan fingerprint density at radius 3 is 2.21 bits per heavy atom. The fourth-order valence-electron chi connectivity index (χ4n) is 5.29. The van der Waals surface area contributed by atoms with Crippen LogP contribution in [0.1, 0.15) is 46.8 Å². The zero-order chi connectivity index (χ0) is 28.0. The molecule has 0 aromatic heterocycles. The molecule has 12 heteroatoms. The molecule has 0 spiro atoms. The Bertz CT molecular complexity index is 1150. The lowest BCUT2D eigenvalue weighted by Gasteiger charge is -2.41. The van der Waals surface area contributed by atoms with E-state index in [1.807, 2.05) is 0 Å². The third-order valence-corrected chi connectivity index (χ3v) is 7.16. The summed E-state index contributed by atoms with van der Waals surface area (Å²) in [5.41, 5.74) is -2.01. The maximum Gasteiger partial charge on any atom is 0.416 e. The van der Waals surface area contributed by atoms with Gasteiger partial charge in [-0.2, -0.15) is 26.3 Å². The molecule has 1 amide bonds. The molecule has 2 aromatic carbocycles. The van der Waals surface area contributed by atoms with Gasteiger partial charge in [0.25, 0.3) is 0 Å². The molecule has 2 saturated heterocycles. The van der Waals surface area contributed by atoms with Crippen LogP contribution in [0.5, 0.6) is 0 Å². The Labute approximate surface area is 214 Å². The molecule has 2 fully saturated rings. The van der Waals surface area contributed by atoms with E-state index in [9.17, 15) is 35.5 Å². The molecule has 4 rings (SSSR count). The van der Waals surface area contributed by atoms with Crippen LogP contribution in [0.25, 0.3) is 0 Å². The number of fused-ring (bicyclic) bond motifs is 1. The molecule has 0 aliphatic carbocycles. The molecule has 2 aliphatic heterocycles. The van der Waals surface area contributed by atoms with E-state index >= 15 is 0 Å². The number of rotatable bonds is 4. The van der Waals surface area contributed by atoms with Gasteiger partial charge in [-0.3, -0.25) is 0 Å². The largest absolute Gasteiger partial charge is 0.453 e. The van der Waals surface area contributed by atoms with Crippen molar-refractivity contribution in [1.29, 1.82) is 0 Å². The van der Waals surface area contributed by atoms with E-state index < -0.39 is 53.7 Å². The van der Waals surface area contributed by atoms with Crippen LogP contribution in [0.4, 0.5) is 35.5 Å². The molecule has 0 N–H and O–H groups in total. The highest BCUT2D eigenvalue weighted by Crippen LogP contribution is 2.46. The first-order valence-corrected chi connectivity index (χ1v) is 11.8. The summed E-state index contributed by atoms with van der Waals surface area (Å²) in [6, 6.07) is 5.42. The van der Waals surface area contributed by atoms with Crippen LogP contribution < -0.4 is 0 Å². The van der Waals surface area contributed by atoms with E-state index in [-0.39, 0.29) is 36.6 Å². The first kappa shape index (κ1) is 28.2. The average molecular weight is 549 g/mol. The number of alkyl halides is 6. The minimum atomic E-state index is -5.00. The molecule has 2 aromatic rings. The number of aryl methyl sites for hydroxylation is 1. The van der Waals surface area contributed by atoms with Crippen molar-refractivity contribution in [2.75, 3.05) is 26.8 Å². The van der Waals surface area contributed by atoms with E-state index in [1.165, 1.54) is 31.1 Å². The summed E-state index contributed by atoms with van der Waals surface area (Å²) >= 11 is 0. The second kappa shape index (κ2) is 10.4. The molecule has 2 heterocycles. The number of carbonyl (C=O) groups is 1. The van der Waals surface area contributed by atoms with Crippen LogP contribution in [0, 0.1) is 24.6 Å². The van der Waals surface area contributed by atoms with Gasteiger partial charge in [0.05, 0.1) is 30.9 Å². The van der Waals surface area contributed by atoms with Gasteiger partial charge in [-0.25, -0.2) is 9.18 Å². The normalized spacial score (nSPS) is 24.7. The third kappa shape index (κ3) is 5.75. The summed E-state index contributed by atoms with van der Waals surface area (Å²) in [5.74, 6) is -1.43. The van der Waals surface area contributed by atoms with E-state index in [4.69, 9.17) is 14.2 Å². The maximum absolute atomic E-state index is 13.9. The maximum atomic E-state index is 13.9. The SMILES string of the molecule is COC(=O)N1C[C@H]2CO[C@H](O[C@H](C)c3cc(C(F)(F)F)cc(C(F)(F)F)c3)[C@@H](c3ccc(F)cc3C)[C@@H]2C1. The number of nitrogens with zero attached hydrogens (tertiary/aromatic N) is 1. The lowest BCUT2D eigenvalue weighted by atomic mass is 9.76. The van der Waals surface area contributed by atoms with Gasteiger partial charge in [0.2, 0.25) is 0 Å². The second-order valence-corrected chi connectivity index (χ2v) is 9.64. The van der Waals surface area contributed by atoms with E-state index in [0.29, 0.717) is 29.8 Å². The van der Waals surface area contributed by atoms with Gasteiger partial charge >= 0.3 is 18.4 Å². The number of halogens is 7. The number of ether oxygens (including phenoxy) is 3. The Morgan fingerprint density at radius 2 is 1.66 bits per heavy atom. The highest BCUT2D eigenvalue weighted by atomic mass is 19.4. The summed E-state index contributed by atoms with van der Waals surface area (Å²) in [4.78, 5) is 13.7. The molecular formula is C26H26F7NO4. The fourth-order valence-corrected chi connectivity index (χ4v) is 5.29. The second-order valence-electron chi connectivity index (χ2n) is 9.64. The van der Waals surface area contributed by atoms with Gasteiger partial charge in [0.1, 0.15) is 5.82 Å². The lowest BCUT2D eigenvalue weighted by molar-refractivity contribution is -0.217. The number of hydrogen-bond donors (Lipinski definition) is 0. The summed E-state index contributed by atoms with van der Waals surface area (Å²) in [7, 11) is 1.25. The van der Waals surface area contributed by atoms with Crippen molar-refractivity contribution in [2.24, 2.45) is 11.8 Å². The van der Waals surface area contributed by atoms with Crippen LogP contribution >= 0.6 is 0 Å². The molecule has 0 bridgehead atoms. The molecule has 5 atom stereocenters. The van der Waals surface area contributed by atoms with E-state index in [1.54, 1.807) is 13.0 Å². The summed E-state index contributed by atoms with van der Waals surface area (Å²) in [6.45, 7) is 3.76. The molecule has 5 nitrogen and oxygen atoms in total. The topological polar surface area (TPSA) is 48.0 Å². The first-order chi connectivity index (χ1) is 17.7. The molecular weight excluding hydrogens is 523 g/mol. The minimum Gasteiger partial charge on any atom is -0.453 e. The van der Waals surface area contributed by atoms with Gasteiger partial charge < -0.3 is 19.1 Å². The summed E-state index contributed by atoms with van der Waals surface area (Å²) in [6.07, 6.45) is -12.8. The van der Waals surface area contributed by atoms with Crippen molar-refractivity contribution in [1.82, 2.24) is 4.90 Å². The fraction of sp³-hybridized carbons (Fsp3) is 0.500. The average Bonchev–Trinajstić information content (AvgIpc) is 3.27. The highest BCUT2D eigenvalue weighted by molar-refractivity contribution is 5.67. The van der Waals surface area contributed by atoms with Crippen molar-refractivity contribution in [2.45, 2.75) is 44.5 Å². The minimum absolute atomic E-state index is 0.0581. The Morgan fingerprint density at radius 1 is 1.03 bits per heavy atom. The van der Waals surface area contributed by atoms with Crippen LogP contribution in [-0.4, -0.2) is 44.1 Å². The summed E-state index contributed by atoms with van der Waals surface area (Å²) < 4.78 is 111. The van der Waals surface area contributed by atoms with Gasteiger partial charge in [-0.05, 0) is 66.8 Å². The van der Waals surface area contributed by atoms with Crippen LogP contribution in [-0.2, 0) is 26.6 Å². The number of methoxy groups -OCH3 is 1. The van der Waals surface area contributed by atoms with Gasteiger partial charge in [0, 0.05) is 24.9 Å². The predicted molar refractivity (Wildman–Crippen MR) is 121 cm³/mol. The van der Waals surface area contributed by atoms with Crippen molar-refractivity contribution >= 4 is 6.09 Å². The van der Waals surface area contributed by atoms with Gasteiger partial charge in [0.15, 0.2) is 6.29 Å². The molecule has 0 unspecified atom stereocenters. The lowest BCUT2D eigenvalue weighted by Crippen LogP contribution is -2.42. The number of amides is 1. The number of carbonyl (C=O) groups excluding carboxylic acids is 1. The number of likely N-dealkylation sites (tertiary alicyclic amines) is 1. The zero-order valence-electron chi connectivity index (χ0n) is 20.7. The molecule has 0 radical (unpaired) electrons. The quantitative estimate of drug-likeness (QED) is 0.398. The Balaban J connectivity index is 1.69. The van der Waals surface area contributed by atoms with Crippen molar-refractivity contribution in [3.8, 4) is 0 Å². The predicted octanol–water partition coefficient (Wildman–Crippen LogP) is 6.70. The van der Waals surface area contributed by atoms with Gasteiger partial charge in [-0.1, -0.05) is 6.07 Å². The number of hydrogen-bond acceptors (Lipinski definition) is 4. The number of benzene rings is 2. The Hall–Kier alpha value is -2.86.